The van der Waals surface area contributed by atoms with E-state index in [1.54, 1.807) is 21.3 Å². The van der Waals surface area contributed by atoms with Crippen molar-refractivity contribution in [3.63, 3.8) is 0 Å². The monoisotopic (exact) mass is 509 g/mol. The van der Waals surface area contributed by atoms with Gasteiger partial charge in [0, 0.05) is 17.1 Å². The lowest BCUT2D eigenvalue weighted by molar-refractivity contribution is -0.0905. The molecule has 2 heterocycles. The Morgan fingerprint density at radius 3 is 2.45 bits per heavy atom. The van der Waals surface area contributed by atoms with Gasteiger partial charge in [-0.1, -0.05) is 55.5 Å². The van der Waals surface area contributed by atoms with Crippen molar-refractivity contribution in [1.82, 2.24) is 0 Å². The van der Waals surface area contributed by atoms with Crippen LogP contribution in [-0.2, 0) is 9.39 Å². The lowest BCUT2D eigenvalue weighted by Crippen LogP contribution is -2.49. The number of para-hydroxylation sites is 3. The van der Waals surface area contributed by atoms with Crippen molar-refractivity contribution >= 4 is 13.1 Å². The predicted octanol–water partition coefficient (Wildman–Crippen LogP) is 7.31. The standard InChI is InChI=1S/C32H34BO5/c1-19-17-21(20-11-9-15-26-29(20)36-25-14-8-7-13-24(25)35-26)28-22(18-19)23-12-10-16-27(32(23,6)37-28)33-38-31(4,5)30(2,3)34/h7-17,19,23,34H,18H2,1-6H3. The number of hydrogen-bond acceptors (Lipinski definition) is 5. The maximum Gasteiger partial charge on any atom is 0.330 e. The summed E-state index contributed by atoms with van der Waals surface area (Å²) in [6.07, 6.45) is 9.55. The first kappa shape index (κ1) is 25.1. The summed E-state index contributed by atoms with van der Waals surface area (Å²) in [6.45, 7) is 11.7. The molecule has 0 saturated carbocycles. The molecule has 2 aliphatic carbocycles. The van der Waals surface area contributed by atoms with Gasteiger partial charge >= 0.3 is 7.48 Å². The molecule has 2 aliphatic heterocycles. The highest BCUT2D eigenvalue weighted by Gasteiger charge is 2.51. The first-order valence-electron chi connectivity index (χ1n) is 13.3. The normalized spacial score (nSPS) is 25.6. The first-order chi connectivity index (χ1) is 18.0. The summed E-state index contributed by atoms with van der Waals surface area (Å²) in [5.41, 5.74) is 1.79. The molecule has 0 saturated heterocycles. The molecule has 6 rings (SSSR count). The average Bonchev–Trinajstić information content (AvgIpc) is 3.17. The van der Waals surface area contributed by atoms with Crippen LogP contribution in [0, 0.1) is 11.8 Å². The number of fused-ring (bicyclic) bond motifs is 4. The van der Waals surface area contributed by atoms with E-state index in [9.17, 15) is 5.11 Å². The minimum atomic E-state index is -1.01. The van der Waals surface area contributed by atoms with Crippen LogP contribution in [-0.4, -0.2) is 29.4 Å². The van der Waals surface area contributed by atoms with Crippen LogP contribution in [0.4, 0.5) is 0 Å². The first-order valence-corrected chi connectivity index (χ1v) is 13.3. The molecule has 0 spiro atoms. The third-order valence-electron chi connectivity index (χ3n) is 8.47. The summed E-state index contributed by atoms with van der Waals surface area (Å²) in [6, 6.07) is 13.7. The quantitative estimate of drug-likeness (QED) is 0.366. The number of hydrogen-bond donors (Lipinski definition) is 1. The van der Waals surface area contributed by atoms with Crippen LogP contribution in [0.15, 0.2) is 83.6 Å². The zero-order valence-electron chi connectivity index (χ0n) is 22.9. The maximum atomic E-state index is 10.6. The van der Waals surface area contributed by atoms with E-state index in [-0.39, 0.29) is 5.92 Å². The molecule has 3 unspecified atom stereocenters. The molecule has 195 valence electrons. The summed E-state index contributed by atoms with van der Waals surface area (Å²) in [5.74, 6) is 4.12. The number of ether oxygens (including phenoxy) is 3. The van der Waals surface area contributed by atoms with E-state index in [4.69, 9.17) is 18.9 Å². The molecule has 5 nitrogen and oxygen atoms in total. The summed E-state index contributed by atoms with van der Waals surface area (Å²) in [5, 5.41) is 10.6. The van der Waals surface area contributed by atoms with E-state index < -0.39 is 16.8 Å². The summed E-state index contributed by atoms with van der Waals surface area (Å²) in [4.78, 5) is 0. The van der Waals surface area contributed by atoms with Crippen LogP contribution < -0.4 is 9.47 Å². The predicted molar refractivity (Wildman–Crippen MR) is 149 cm³/mol. The Balaban J connectivity index is 1.35. The maximum absolute atomic E-state index is 10.6. The largest absolute Gasteiger partial charge is 0.482 e. The molecule has 0 aromatic heterocycles. The molecule has 2 aromatic rings. The number of aliphatic hydroxyl groups is 1. The fourth-order valence-electron chi connectivity index (χ4n) is 5.49. The molecule has 1 radical (unpaired) electrons. The van der Waals surface area contributed by atoms with Crippen LogP contribution in [0.5, 0.6) is 23.0 Å². The zero-order valence-corrected chi connectivity index (χ0v) is 22.9. The highest BCUT2D eigenvalue weighted by Crippen LogP contribution is 2.56. The Hall–Kier alpha value is -3.22. The summed E-state index contributed by atoms with van der Waals surface area (Å²) >= 11 is 0. The van der Waals surface area contributed by atoms with Crippen molar-refractivity contribution in [3.8, 4) is 23.0 Å². The molecule has 0 amide bonds. The summed E-state index contributed by atoms with van der Waals surface area (Å²) in [7, 11) is 1.76. The van der Waals surface area contributed by atoms with Crippen LogP contribution in [0.1, 0.15) is 53.5 Å². The molecule has 4 aliphatic rings. The zero-order chi connectivity index (χ0) is 26.9. The van der Waals surface area contributed by atoms with E-state index in [1.807, 2.05) is 56.3 Å². The van der Waals surface area contributed by atoms with Gasteiger partial charge < -0.3 is 24.0 Å². The molecule has 2 aromatic carbocycles. The molecule has 6 heteroatoms. The van der Waals surface area contributed by atoms with Gasteiger partial charge in [0.25, 0.3) is 0 Å². The number of allylic oxidation sites excluding steroid dienone is 4. The highest BCUT2D eigenvalue weighted by molar-refractivity contribution is 6.39. The Labute approximate surface area is 225 Å². The molecule has 0 fully saturated rings. The fraction of sp³-hybridized carbons (Fsp3) is 0.375. The number of rotatable bonds is 5. The number of benzene rings is 2. The van der Waals surface area contributed by atoms with Gasteiger partial charge in [0.2, 0.25) is 0 Å². The molecule has 0 bridgehead atoms. The van der Waals surface area contributed by atoms with Crippen molar-refractivity contribution in [1.29, 1.82) is 0 Å². The minimum absolute atomic E-state index is 0.0752. The van der Waals surface area contributed by atoms with Gasteiger partial charge in [-0.15, -0.1) is 0 Å². The molecule has 1 N–H and O–H groups in total. The lowest BCUT2D eigenvalue weighted by atomic mass is 9.64. The Morgan fingerprint density at radius 2 is 1.71 bits per heavy atom. The fourth-order valence-corrected chi connectivity index (χ4v) is 5.49. The Morgan fingerprint density at radius 1 is 1.00 bits per heavy atom. The Kier molecular flexibility index (Phi) is 5.71. The van der Waals surface area contributed by atoms with E-state index in [1.165, 1.54) is 5.57 Å². The van der Waals surface area contributed by atoms with E-state index in [0.717, 1.165) is 28.8 Å². The lowest BCUT2D eigenvalue weighted by Gasteiger charge is -2.40. The Bertz CT molecular complexity index is 1420. The van der Waals surface area contributed by atoms with Gasteiger partial charge in [0.1, 0.15) is 11.4 Å². The smallest absolute Gasteiger partial charge is 0.330 e. The molecular weight excluding hydrogens is 475 g/mol. The molecule has 3 atom stereocenters. The van der Waals surface area contributed by atoms with Crippen molar-refractivity contribution in [3.05, 3.63) is 89.1 Å². The van der Waals surface area contributed by atoms with Crippen LogP contribution in [0.25, 0.3) is 5.57 Å². The molecule has 38 heavy (non-hydrogen) atoms. The van der Waals surface area contributed by atoms with Gasteiger partial charge in [0.15, 0.2) is 23.0 Å². The topological polar surface area (TPSA) is 57.2 Å². The van der Waals surface area contributed by atoms with Crippen molar-refractivity contribution in [2.24, 2.45) is 11.8 Å². The van der Waals surface area contributed by atoms with Crippen LogP contribution >= 0.6 is 0 Å². The third kappa shape index (κ3) is 3.93. The summed E-state index contributed by atoms with van der Waals surface area (Å²) < 4.78 is 25.7. The van der Waals surface area contributed by atoms with Gasteiger partial charge in [-0.25, -0.2) is 0 Å². The van der Waals surface area contributed by atoms with E-state index in [0.29, 0.717) is 28.9 Å². The van der Waals surface area contributed by atoms with E-state index in [2.05, 4.69) is 38.1 Å². The second-order valence-corrected chi connectivity index (χ2v) is 11.9. The van der Waals surface area contributed by atoms with Crippen LogP contribution in [0.3, 0.4) is 0 Å². The molecular formula is C32H34BO5. The van der Waals surface area contributed by atoms with Crippen molar-refractivity contribution in [2.45, 2.75) is 64.8 Å². The van der Waals surface area contributed by atoms with Crippen molar-refractivity contribution in [2.75, 3.05) is 0 Å². The SMILES string of the molecule is CC1C=C(c2cccc3c2Oc2ccccc2O3)C2=C(C1)C1C=CC=C([B]OC(C)(C)C(C)(C)O)C1(C)O2. The third-order valence-corrected chi connectivity index (χ3v) is 8.47. The van der Waals surface area contributed by atoms with Gasteiger partial charge in [0.05, 0.1) is 11.2 Å². The van der Waals surface area contributed by atoms with Crippen LogP contribution in [0.2, 0.25) is 0 Å². The second kappa shape index (κ2) is 8.65. The average molecular weight is 509 g/mol. The second-order valence-electron chi connectivity index (χ2n) is 11.9. The van der Waals surface area contributed by atoms with E-state index >= 15 is 0 Å². The van der Waals surface area contributed by atoms with Crippen molar-refractivity contribution < 1.29 is 24.0 Å². The highest BCUT2D eigenvalue weighted by atomic mass is 16.6. The van der Waals surface area contributed by atoms with Gasteiger partial charge in [-0.3, -0.25) is 0 Å². The minimum Gasteiger partial charge on any atom is -0.482 e. The van der Waals surface area contributed by atoms with Gasteiger partial charge in [-0.05, 0) is 76.2 Å². The van der Waals surface area contributed by atoms with Gasteiger partial charge in [-0.2, -0.15) is 0 Å².